The summed E-state index contributed by atoms with van der Waals surface area (Å²) in [7, 11) is 2.02. The molecule has 0 N–H and O–H groups in total. The molecule has 0 radical (unpaired) electrons. The third-order valence-electron chi connectivity index (χ3n) is 1.73. The quantitative estimate of drug-likeness (QED) is 0.766. The lowest BCUT2D eigenvalue weighted by atomic mass is 10.2. The van der Waals surface area contributed by atoms with Crippen molar-refractivity contribution in [3.05, 3.63) is 34.3 Å². The fourth-order valence-electron chi connectivity index (χ4n) is 1.11. The Hall–Kier alpha value is -0.490. The van der Waals surface area contributed by atoms with E-state index in [1.807, 2.05) is 19.2 Å². The highest BCUT2D eigenvalue weighted by atomic mass is 79.9. The molecule has 0 spiro atoms. The Morgan fingerprint density at radius 2 is 1.93 bits per heavy atom. The predicted molar refractivity (Wildman–Crippen MR) is 66.6 cm³/mol. The van der Waals surface area contributed by atoms with Crippen molar-refractivity contribution < 1.29 is 0 Å². The number of rotatable bonds is 3. The second-order valence-electron chi connectivity index (χ2n) is 3.00. The molecular formula is C11H13BrClN. The molecule has 0 saturated heterocycles. The third kappa shape index (κ3) is 4.66. The van der Waals surface area contributed by atoms with Crippen LogP contribution in [0.5, 0.6) is 0 Å². The second kappa shape index (κ2) is 6.89. The van der Waals surface area contributed by atoms with Gasteiger partial charge in [0.15, 0.2) is 0 Å². The Morgan fingerprint density at radius 1 is 1.36 bits per heavy atom. The van der Waals surface area contributed by atoms with Crippen molar-refractivity contribution in [2.24, 2.45) is 0 Å². The molecule has 0 aliphatic carbocycles. The van der Waals surface area contributed by atoms with Gasteiger partial charge in [-0.05, 0) is 24.7 Å². The van der Waals surface area contributed by atoms with Crippen molar-refractivity contribution in [2.75, 3.05) is 13.6 Å². The Balaban J connectivity index is 0.00000169. The number of hydrogen-bond donors (Lipinski definition) is 0. The van der Waals surface area contributed by atoms with Crippen molar-refractivity contribution >= 4 is 28.3 Å². The molecule has 0 bridgehead atoms. The van der Waals surface area contributed by atoms with E-state index in [-0.39, 0.29) is 12.4 Å². The van der Waals surface area contributed by atoms with Crippen molar-refractivity contribution in [1.29, 1.82) is 0 Å². The van der Waals surface area contributed by atoms with Crippen molar-refractivity contribution in [3.8, 4) is 12.3 Å². The molecule has 0 unspecified atom stereocenters. The lowest BCUT2D eigenvalue weighted by molar-refractivity contribution is 0.369. The minimum absolute atomic E-state index is 0. The van der Waals surface area contributed by atoms with E-state index >= 15 is 0 Å². The zero-order valence-corrected chi connectivity index (χ0v) is 10.4. The van der Waals surface area contributed by atoms with Gasteiger partial charge in [-0.1, -0.05) is 34.0 Å². The maximum absolute atomic E-state index is 5.21. The minimum atomic E-state index is 0. The standard InChI is InChI=1S/C11H12BrN.ClH/c1-3-8-13(2)9-10-4-6-11(12)7-5-10;/h1,4-7H,8-9H2,2H3;1H. The molecule has 14 heavy (non-hydrogen) atoms. The van der Waals surface area contributed by atoms with Crippen LogP contribution in [0.2, 0.25) is 0 Å². The summed E-state index contributed by atoms with van der Waals surface area (Å²) >= 11 is 3.40. The first-order valence-corrected chi connectivity index (χ1v) is 4.88. The number of nitrogens with zero attached hydrogens (tertiary/aromatic N) is 1. The first-order chi connectivity index (χ1) is 6.22. The van der Waals surface area contributed by atoms with Gasteiger partial charge in [-0.2, -0.15) is 0 Å². The number of halogens is 2. The van der Waals surface area contributed by atoms with Gasteiger partial charge in [0, 0.05) is 11.0 Å². The van der Waals surface area contributed by atoms with Crippen LogP contribution < -0.4 is 0 Å². The lowest BCUT2D eigenvalue weighted by Crippen LogP contribution is -2.17. The van der Waals surface area contributed by atoms with Gasteiger partial charge in [-0.3, -0.25) is 4.90 Å². The molecule has 0 heterocycles. The SMILES string of the molecule is C#CCN(C)Cc1ccc(Br)cc1.Cl. The summed E-state index contributed by atoms with van der Waals surface area (Å²) in [6, 6.07) is 8.27. The average Bonchev–Trinajstić information content (AvgIpc) is 2.09. The molecule has 1 rings (SSSR count). The Morgan fingerprint density at radius 3 is 2.43 bits per heavy atom. The maximum atomic E-state index is 5.21. The van der Waals surface area contributed by atoms with Crippen LogP contribution in [0.1, 0.15) is 5.56 Å². The van der Waals surface area contributed by atoms with E-state index in [9.17, 15) is 0 Å². The first-order valence-electron chi connectivity index (χ1n) is 4.09. The first kappa shape index (κ1) is 13.5. The second-order valence-corrected chi connectivity index (χ2v) is 3.92. The highest BCUT2D eigenvalue weighted by Crippen LogP contribution is 2.11. The molecule has 0 saturated carbocycles. The van der Waals surface area contributed by atoms with Crippen LogP contribution in [0.25, 0.3) is 0 Å². The van der Waals surface area contributed by atoms with Crippen LogP contribution >= 0.6 is 28.3 Å². The van der Waals surface area contributed by atoms with Gasteiger partial charge in [0.2, 0.25) is 0 Å². The zero-order chi connectivity index (χ0) is 9.68. The van der Waals surface area contributed by atoms with Gasteiger partial charge in [0.1, 0.15) is 0 Å². The minimum Gasteiger partial charge on any atom is -0.291 e. The highest BCUT2D eigenvalue weighted by molar-refractivity contribution is 9.10. The van der Waals surface area contributed by atoms with Crippen LogP contribution in [-0.2, 0) is 6.54 Å². The zero-order valence-electron chi connectivity index (χ0n) is 8.03. The molecule has 3 heteroatoms. The van der Waals surface area contributed by atoms with Gasteiger partial charge >= 0.3 is 0 Å². The molecule has 0 amide bonds. The van der Waals surface area contributed by atoms with Crippen LogP contribution in [0.4, 0.5) is 0 Å². The Kier molecular flexibility index (Phi) is 6.65. The Bertz CT molecular complexity index is 302. The summed E-state index contributed by atoms with van der Waals surface area (Å²) in [5.74, 6) is 2.62. The van der Waals surface area contributed by atoms with Gasteiger partial charge in [0.05, 0.1) is 6.54 Å². The molecule has 0 aromatic heterocycles. The summed E-state index contributed by atoms with van der Waals surface area (Å²) in [4.78, 5) is 2.10. The summed E-state index contributed by atoms with van der Waals surface area (Å²) in [6.07, 6.45) is 5.21. The molecule has 0 aliphatic heterocycles. The summed E-state index contributed by atoms with van der Waals surface area (Å²) < 4.78 is 1.11. The molecule has 0 aliphatic rings. The smallest absolute Gasteiger partial charge is 0.0599 e. The third-order valence-corrected chi connectivity index (χ3v) is 2.26. The Labute approximate surface area is 100 Å². The fraction of sp³-hybridized carbons (Fsp3) is 0.273. The molecule has 0 atom stereocenters. The molecular weight excluding hydrogens is 261 g/mol. The normalized spacial score (nSPS) is 9.29. The summed E-state index contributed by atoms with van der Waals surface area (Å²) in [6.45, 7) is 1.59. The van der Waals surface area contributed by atoms with Crippen molar-refractivity contribution in [3.63, 3.8) is 0 Å². The van der Waals surface area contributed by atoms with Crippen LogP contribution in [0.15, 0.2) is 28.7 Å². The van der Waals surface area contributed by atoms with E-state index in [1.54, 1.807) is 0 Å². The highest BCUT2D eigenvalue weighted by Gasteiger charge is 1.97. The largest absolute Gasteiger partial charge is 0.291 e. The summed E-state index contributed by atoms with van der Waals surface area (Å²) in [5, 5.41) is 0. The number of terminal acetylenes is 1. The van der Waals surface area contributed by atoms with E-state index < -0.39 is 0 Å². The van der Waals surface area contributed by atoms with E-state index in [4.69, 9.17) is 6.42 Å². The average molecular weight is 275 g/mol. The van der Waals surface area contributed by atoms with Gasteiger partial charge in [-0.25, -0.2) is 0 Å². The predicted octanol–water partition coefficient (Wildman–Crippen LogP) is 2.94. The molecule has 1 aromatic rings. The fourth-order valence-corrected chi connectivity index (χ4v) is 1.38. The molecule has 0 fully saturated rings. The topological polar surface area (TPSA) is 3.24 Å². The monoisotopic (exact) mass is 273 g/mol. The van der Waals surface area contributed by atoms with Gasteiger partial charge < -0.3 is 0 Å². The molecule has 1 aromatic carbocycles. The van der Waals surface area contributed by atoms with Gasteiger partial charge in [-0.15, -0.1) is 18.8 Å². The lowest BCUT2D eigenvalue weighted by Gasteiger charge is -2.12. The van der Waals surface area contributed by atoms with Gasteiger partial charge in [0.25, 0.3) is 0 Å². The molecule has 1 nitrogen and oxygen atoms in total. The van der Waals surface area contributed by atoms with E-state index in [0.717, 1.165) is 11.0 Å². The van der Waals surface area contributed by atoms with Crippen LogP contribution in [0.3, 0.4) is 0 Å². The van der Waals surface area contributed by atoms with E-state index in [0.29, 0.717) is 6.54 Å². The summed E-state index contributed by atoms with van der Waals surface area (Å²) in [5.41, 5.74) is 1.28. The van der Waals surface area contributed by atoms with Crippen LogP contribution in [0, 0.1) is 12.3 Å². The van der Waals surface area contributed by atoms with Crippen molar-refractivity contribution in [2.45, 2.75) is 6.54 Å². The number of hydrogen-bond acceptors (Lipinski definition) is 1. The van der Waals surface area contributed by atoms with E-state index in [2.05, 4.69) is 38.9 Å². The number of benzene rings is 1. The maximum Gasteiger partial charge on any atom is 0.0599 e. The van der Waals surface area contributed by atoms with Crippen molar-refractivity contribution in [1.82, 2.24) is 4.90 Å². The molecule has 76 valence electrons. The van der Waals surface area contributed by atoms with Crippen LogP contribution in [-0.4, -0.2) is 18.5 Å². The van der Waals surface area contributed by atoms with E-state index in [1.165, 1.54) is 5.56 Å².